The standard InChI is InChI=1S/C12H19NO4/c1-8(11(15)16)13(2)10(14)9-7-12(9)3-5-17-6-4-12/h8-9H,3-7H2,1-2H3,(H,15,16)/t8-,9+/m1/s1. The molecule has 0 aromatic carbocycles. The van der Waals surface area contributed by atoms with Gasteiger partial charge >= 0.3 is 5.97 Å². The predicted octanol–water partition coefficient (Wildman–Crippen LogP) is 0.735. The van der Waals surface area contributed by atoms with Gasteiger partial charge in [-0.05, 0) is 31.6 Å². The fourth-order valence-electron chi connectivity index (χ4n) is 2.63. The van der Waals surface area contributed by atoms with Crippen LogP contribution in [0.5, 0.6) is 0 Å². The van der Waals surface area contributed by atoms with Gasteiger partial charge in [0.05, 0.1) is 0 Å². The van der Waals surface area contributed by atoms with E-state index in [0.29, 0.717) is 0 Å². The minimum Gasteiger partial charge on any atom is -0.480 e. The molecule has 1 aliphatic heterocycles. The van der Waals surface area contributed by atoms with E-state index in [0.717, 1.165) is 32.5 Å². The summed E-state index contributed by atoms with van der Waals surface area (Å²) in [6.45, 7) is 2.99. The lowest BCUT2D eigenvalue weighted by Gasteiger charge is -2.26. The number of nitrogens with zero attached hydrogens (tertiary/aromatic N) is 1. The number of carboxylic acids is 1. The highest BCUT2D eigenvalue weighted by atomic mass is 16.5. The summed E-state index contributed by atoms with van der Waals surface area (Å²) < 4.78 is 5.30. The number of aliphatic carboxylic acids is 1. The molecule has 5 heteroatoms. The number of rotatable bonds is 3. The van der Waals surface area contributed by atoms with E-state index in [2.05, 4.69) is 0 Å². The lowest BCUT2D eigenvalue weighted by molar-refractivity contribution is -0.149. The minimum absolute atomic E-state index is 0.0122. The van der Waals surface area contributed by atoms with Gasteiger partial charge in [0, 0.05) is 26.2 Å². The highest BCUT2D eigenvalue weighted by molar-refractivity contribution is 5.87. The van der Waals surface area contributed by atoms with Gasteiger partial charge in [-0.15, -0.1) is 0 Å². The number of amides is 1. The number of hydrogen-bond acceptors (Lipinski definition) is 3. The van der Waals surface area contributed by atoms with Gasteiger partial charge in [0.2, 0.25) is 5.91 Å². The second kappa shape index (κ2) is 4.29. The first-order valence-corrected chi connectivity index (χ1v) is 6.05. The first-order valence-electron chi connectivity index (χ1n) is 6.05. The van der Waals surface area contributed by atoms with Gasteiger partial charge in [0.25, 0.3) is 0 Å². The molecular formula is C12H19NO4. The molecule has 1 amide bonds. The maximum atomic E-state index is 12.1. The Kier molecular flexibility index (Phi) is 3.12. The summed E-state index contributed by atoms with van der Waals surface area (Å²) in [5.74, 6) is -0.970. The van der Waals surface area contributed by atoms with Crippen molar-refractivity contribution in [1.82, 2.24) is 4.90 Å². The van der Waals surface area contributed by atoms with Crippen LogP contribution < -0.4 is 0 Å². The first kappa shape index (κ1) is 12.4. The number of carbonyl (C=O) groups is 2. The van der Waals surface area contributed by atoms with Crippen LogP contribution in [0.25, 0.3) is 0 Å². The van der Waals surface area contributed by atoms with E-state index in [-0.39, 0.29) is 17.2 Å². The van der Waals surface area contributed by atoms with E-state index in [1.54, 1.807) is 14.0 Å². The van der Waals surface area contributed by atoms with Gasteiger partial charge in [-0.1, -0.05) is 0 Å². The van der Waals surface area contributed by atoms with E-state index in [9.17, 15) is 9.59 Å². The van der Waals surface area contributed by atoms with Gasteiger partial charge in [-0.3, -0.25) is 4.79 Å². The molecule has 2 aliphatic rings. The van der Waals surface area contributed by atoms with Gasteiger partial charge < -0.3 is 14.7 Å². The second-order valence-electron chi connectivity index (χ2n) is 5.19. The molecule has 1 aliphatic carbocycles. The summed E-state index contributed by atoms with van der Waals surface area (Å²) in [5, 5.41) is 8.89. The predicted molar refractivity (Wildman–Crippen MR) is 60.5 cm³/mol. The normalized spacial score (nSPS) is 27.5. The summed E-state index contributed by atoms with van der Waals surface area (Å²) in [5.41, 5.74) is 0.113. The van der Waals surface area contributed by atoms with Crippen molar-refractivity contribution in [2.45, 2.75) is 32.2 Å². The van der Waals surface area contributed by atoms with E-state index in [4.69, 9.17) is 9.84 Å². The van der Waals surface area contributed by atoms with Crippen LogP contribution in [0, 0.1) is 11.3 Å². The average Bonchev–Trinajstić information content (AvgIpc) is 3.00. The Hall–Kier alpha value is -1.10. The molecular weight excluding hydrogens is 222 g/mol. The maximum absolute atomic E-state index is 12.1. The quantitative estimate of drug-likeness (QED) is 0.791. The topological polar surface area (TPSA) is 66.8 Å². The van der Waals surface area contributed by atoms with Crippen LogP contribution in [0.3, 0.4) is 0 Å². The summed E-state index contributed by atoms with van der Waals surface area (Å²) in [6, 6.07) is -0.750. The molecule has 1 saturated carbocycles. The average molecular weight is 241 g/mol. The van der Waals surface area contributed by atoms with Crippen molar-refractivity contribution in [3.8, 4) is 0 Å². The lowest BCUT2D eigenvalue weighted by atomic mass is 9.93. The molecule has 5 nitrogen and oxygen atoms in total. The summed E-state index contributed by atoms with van der Waals surface area (Å²) >= 11 is 0. The molecule has 0 unspecified atom stereocenters. The molecule has 17 heavy (non-hydrogen) atoms. The number of ether oxygens (including phenoxy) is 1. The third-order valence-corrected chi connectivity index (χ3v) is 4.26. The summed E-state index contributed by atoms with van der Waals surface area (Å²) in [7, 11) is 1.58. The van der Waals surface area contributed by atoms with Crippen molar-refractivity contribution < 1.29 is 19.4 Å². The third-order valence-electron chi connectivity index (χ3n) is 4.26. The number of carboxylic acid groups (broad SMARTS) is 1. The third kappa shape index (κ3) is 2.16. The fraction of sp³-hybridized carbons (Fsp3) is 0.833. The Balaban J connectivity index is 1.96. The van der Waals surface area contributed by atoms with E-state index in [1.807, 2.05) is 0 Å². The van der Waals surface area contributed by atoms with Crippen LogP contribution in [-0.4, -0.2) is 48.2 Å². The van der Waals surface area contributed by atoms with Crippen LogP contribution in [0.2, 0.25) is 0 Å². The van der Waals surface area contributed by atoms with Crippen LogP contribution in [0.15, 0.2) is 0 Å². The number of carbonyl (C=O) groups excluding carboxylic acids is 1. The van der Waals surface area contributed by atoms with Crippen molar-refractivity contribution in [1.29, 1.82) is 0 Å². The summed E-state index contributed by atoms with van der Waals surface area (Å²) in [6.07, 6.45) is 2.75. The molecule has 0 aromatic rings. The van der Waals surface area contributed by atoms with E-state index in [1.165, 1.54) is 4.90 Å². The minimum atomic E-state index is -0.956. The molecule has 1 N–H and O–H groups in total. The smallest absolute Gasteiger partial charge is 0.326 e. The van der Waals surface area contributed by atoms with Crippen LogP contribution in [-0.2, 0) is 14.3 Å². The largest absolute Gasteiger partial charge is 0.480 e. The zero-order valence-corrected chi connectivity index (χ0v) is 10.3. The molecule has 1 heterocycles. The van der Waals surface area contributed by atoms with Crippen LogP contribution >= 0.6 is 0 Å². The number of likely N-dealkylation sites (N-methyl/N-ethyl adjacent to an activating group) is 1. The molecule has 2 rings (SSSR count). The van der Waals surface area contributed by atoms with Crippen molar-refractivity contribution in [2.75, 3.05) is 20.3 Å². The highest BCUT2D eigenvalue weighted by Crippen LogP contribution is 2.59. The zero-order valence-electron chi connectivity index (χ0n) is 10.3. The Morgan fingerprint density at radius 2 is 2.00 bits per heavy atom. The van der Waals surface area contributed by atoms with Gasteiger partial charge in [-0.2, -0.15) is 0 Å². The van der Waals surface area contributed by atoms with Gasteiger partial charge in [0.15, 0.2) is 0 Å². The van der Waals surface area contributed by atoms with Crippen molar-refractivity contribution >= 4 is 11.9 Å². The van der Waals surface area contributed by atoms with Gasteiger partial charge in [0.1, 0.15) is 6.04 Å². The van der Waals surface area contributed by atoms with Gasteiger partial charge in [-0.25, -0.2) is 4.79 Å². The molecule has 0 aromatic heterocycles. The zero-order chi connectivity index (χ0) is 12.6. The molecule has 2 atom stereocenters. The Labute approximate surface area is 101 Å². The Bertz CT molecular complexity index is 335. The Morgan fingerprint density at radius 3 is 2.53 bits per heavy atom. The number of hydrogen-bond donors (Lipinski definition) is 1. The molecule has 2 fully saturated rings. The fourth-order valence-corrected chi connectivity index (χ4v) is 2.63. The monoisotopic (exact) mass is 241 g/mol. The SMILES string of the molecule is C[C@H](C(=O)O)N(C)C(=O)[C@@H]1CC12CCOCC2. The lowest BCUT2D eigenvalue weighted by Crippen LogP contribution is -2.42. The highest BCUT2D eigenvalue weighted by Gasteiger charge is 2.59. The molecule has 1 spiro atoms. The summed E-state index contributed by atoms with van der Waals surface area (Å²) in [4.78, 5) is 24.3. The van der Waals surface area contributed by atoms with Crippen LogP contribution in [0.4, 0.5) is 0 Å². The first-order chi connectivity index (χ1) is 7.98. The van der Waals surface area contributed by atoms with Crippen molar-refractivity contribution in [3.63, 3.8) is 0 Å². The van der Waals surface area contributed by atoms with Crippen LogP contribution in [0.1, 0.15) is 26.2 Å². The molecule has 0 radical (unpaired) electrons. The Morgan fingerprint density at radius 1 is 1.41 bits per heavy atom. The molecule has 96 valence electrons. The second-order valence-corrected chi connectivity index (χ2v) is 5.19. The maximum Gasteiger partial charge on any atom is 0.326 e. The van der Waals surface area contributed by atoms with E-state index >= 15 is 0 Å². The van der Waals surface area contributed by atoms with E-state index < -0.39 is 12.0 Å². The van der Waals surface area contributed by atoms with Crippen molar-refractivity contribution in [2.24, 2.45) is 11.3 Å². The molecule has 0 bridgehead atoms. The molecule has 1 saturated heterocycles. The van der Waals surface area contributed by atoms with Crippen molar-refractivity contribution in [3.05, 3.63) is 0 Å².